The second-order valence-electron chi connectivity index (χ2n) is 8.38. The molecule has 1 aliphatic rings. The summed E-state index contributed by atoms with van der Waals surface area (Å²) in [6.07, 6.45) is -11.6. The Morgan fingerprint density at radius 3 is 2.34 bits per heavy atom. The zero-order valence-corrected chi connectivity index (χ0v) is 20.3. The lowest BCUT2D eigenvalue weighted by Gasteiger charge is -2.20. The van der Waals surface area contributed by atoms with Crippen LogP contribution < -0.4 is 15.4 Å². The third-order valence-electron chi connectivity index (χ3n) is 5.44. The number of anilines is 2. The Morgan fingerprint density at radius 2 is 1.76 bits per heavy atom. The molecule has 0 aliphatic heterocycles. The average Bonchev–Trinajstić information content (AvgIpc) is 3.08. The number of aliphatic hydroxyl groups excluding tert-OH is 3. The molecular formula is C22H22ClF6N5O4. The smallest absolute Gasteiger partial charge is 0.422 e. The molecule has 1 fully saturated rings. The zero-order valence-electron chi connectivity index (χ0n) is 19.5. The number of aromatic nitrogens is 3. The van der Waals surface area contributed by atoms with E-state index in [1.54, 1.807) is 0 Å². The van der Waals surface area contributed by atoms with Crippen molar-refractivity contribution < 1.29 is 46.4 Å². The van der Waals surface area contributed by atoms with E-state index in [0.29, 0.717) is 0 Å². The maximum Gasteiger partial charge on any atom is 0.422 e. The van der Waals surface area contributed by atoms with Gasteiger partial charge in [0.25, 0.3) is 0 Å². The molecule has 0 unspecified atom stereocenters. The molecule has 2 aromatic rings. The van der Waals surface area contributed by atoms with Crippen molar-refractivity contribution in [1.82, 2.24) is 15.0 Å². The summed E-state index contributed by atoms with van der Waals surface area (Å²) in [7, 11) is 0. The standard InChI is InChI=1S/C22H22ClF6N5O4/c1-10-11(3-5-15(31-10)38-9-22(27,28)29)2-4-13-18(23)33-20(30-8-21(24,25)26)34-19(13)32-14-6-12(7-35)16(36)17(14)37/h3,5,12,14,16-17,35-37H,6-9H2,1H3,(H2,30,32,33,34)/t12-,14-,16-,17+/m1/s1. The fourth-order valence-electron chi connectivity index (χ4n) is 3.57. The van der Waals surface area contributed by atoms with E-state index in [-0.39, 0.29) is 40.1 Å². The number of hydrogen-bond acceptors (Lipinski definition) is 9. The molecular weight excluding hydrogens is 548 g/mol. The van der Waals surface area contributed by atoms with Crippen LogP contribution in [0.15, 0.2) is 12.1 Å². The number of hydrogen-bond donors (Lipinski definition) is 5. The first kappa shape index (κ1) is 29.5. The molecule has 0 radical (unpaired) electrons. The van der Waals surface area contributed by atoms with Crippen LogP contribution in [0.25, 0.3) is 0 Å². The van der Waals surface area contributed by atoms with Gasteiger partial charge in [0.05, 0.1) is 17.8 Å². The van der Waals surface area contributed by atoms with Gasteiger partial charge in [-0.25, -0.2) is 4.98 Å². The summed E-state index contributed by atoms with van der Waals surface area (Å²) in [5, 5.41) is 34.3. The summed E-state index contributed by atoms with van der Waals surface area (Å²) in [4.78, 5) is 11.7. The molecule has 0 amide bonds. The minimum absolute atomic E-state index is 0.0739. The van der Waals surface area contributed by atoms with E-state index < -0.39 is 62.2 Å². The number of ether oxygens (including phenoxy) is 1. The van der Waals surface area contributed by atoms with Gasteiger partial charge < -0.3 is 30.7 Å². The van der Waals surface area contributed by atoms with E-state index in [9.17, 15) is 41.7 Å². The Kier molecular flexibility index (Phi) is 9.13. The summed E-state index contributed by atoms with van der Waals surface area (Å²) >= 11 is 6.20. The van der Waals surface area contributed by atoms with E-state index in [0.717, 1.165) is 0 Å². The minimum atomic E-state index is -4.58. The first-order chi connectivity index (χ1) is 17.7. The van der Waals surface area contributed by atoms with Crippen molar-refractivity contribution in [3.63, 3.8) is 0 Å². The lowest BCUT2D eigenvalue weighted by molar-refractivity contribution is -0.154. The van der Waals surface area contributed by atoms with Crippen molar-refractivity contribution in [2.75, 3.05) is 30.4 Å². The van der Waals surface area contributed by atoms with E-state index in [2.05, 4.69) is 36.8 Å². The molecule has 0 saturated heterocycles. The van der Waals surface area contributed by atoms with Gasteiger partial charge in [0.1, 0.15) is 24.0 Å². The van der Waals surface area contributed by atoms with Crippen molar-refractivity contribution in [2.45, 2.75) is 43.9 Å². The Balaban J connectivity index is 1.93. The molecule has 208 valence electrons. The molecule has 2 aromatic heterocycles. The summed E-state index contributed by atoms with van der Waals surface area (Å²) in [5.74, 6) is 3.78. The summed E-state index contributed by atoms with van der Waals surface area (Å²) in [6, 6.07) is 1.67. The number of nitrogens with zero attached hydrogens (tertiary/aromatic N) is 3. The van der Waals surface area contributed by atoms with Crippen LogP contribution in [-0.4, -0.2) is 80.6 Å². The van der Waals surface area contributed by atoms with Crippen LogP contribution >= 0.6 is 11.6 Å². The second-order valence-corrected chi connectivity index (χ2v) is 8.74. The summed E-state index contributed by atoms with van der Waals surface area (Å²) < 4.78 is 79.7. The van der Waals surface area contributed by atoms with Crippen LogP contribution in [-0.2, 0) is 0 Å². The molecule has 0 bridgehead atoms. The van der Waals surface area contributed by atoms with Crippen molar-refractivity contribution in [2.24, 2.45) is 5.92 Å². The zero-order chi connectivity index (χ0) is 28.3. The molecule has 16 heteroatoms. The maximum absolute atomic E-state index is 12.7. The van der Waals surface area contributed by atoms with Crippen LogP contribution in [0.4, 0.5) is 38.1 Å². The van der Waals surface area contributed by atoms with Crippen LogP contribution in [0.3, 0.4) is 0 Å². The number of halogens is 7. The fraction of sp³-hybridized carbons (Fsp3) is 0.500. The largest absolute Gasteiger partial charge is 0.468 e. The minimum Gasteiger partial charge on any atom is -0.468 e. The molecule has 5 N–H and O–H groups in total. The molecule has 9 nitrogen and oxygen atoms in total. The highest BCUT2D eigenvalue weighted by Gasteiger charge is 2.41. The molecule has 3 rings (SSSR count). The molecule has 0 aromatic carbocycles. The number of nitrogens with one attached hydrogen (secondary N) is 2. The van der Waals surface area contributed by atoms with Gasteiger partial charge in [-0.1, -0.05) is 23.4 Å². The number of alkyl halides is 6. The summed E-state index contributed by atoms with van der Waals surface area (Å²) in [5.41, 5.74) is 0.407. The van der Waals surface area contributed by atoms with E-state index in [1.165, 1.54) is 19.1 Å². The second kappa shape index (κ2) is 11.8. The number of pyridine rings is 1. The highest BCUT2D eigenvalue weighted by Crippen LogP contribution is 2.31. The van der Waals surface area contributed by atoms with Crippen LogP contribution in [0, 0.1) is 24.7 Å². The lowest BCUT2D eigenvalue weighted by atomic mass is 10.1. The van der Waals surface area contributed by atoms with Crippen molar-refractivity contribution in [3.8, 4) is 17.7 Å². The fourth-order valence-corrected chi connectivity index (χ4v) is 3.78. The van der Waals surface area contributed by atoms with Crippen LogP contribution in [0.5, 0.6) is 5.88 Å². The topological polar surface area (TPSA) is 133 Å². The Bertz CT molecular complexity index is 1200. The van der Waals surface area contributed by atoms with Gasteiger partial charge in [-0.3, -0.25) is 0 Å². The van der Waals surface area contributed by atoms with Crippen LogP contribution in [0.1, 0.15) is 23.2 Å². The van der Waals surface area contributed by atoms with Crippen LogP contribution in [0.2, 0.25) is 5.15 Å². The van der Waals surface area contributed by atoms with Gasteiger partial charge in [0.2, 0.25) is 11.8 Å². The third kappa shape index (κ3) is 7.97. The number of aliphatic hydroxyl groups is 3. The molecule has 0 spiro atoms. The van der Waals surface area contributed by atoms with Gasteiger partial charge in [-0.05, 0) is 19.4 Å². The van der Waals surface area contributed by atoms with E-state index >= 15 is 0 Å². The van der Waals surface area contributed by atoms with Crippen molar-refractivity contribution >= 4 is 23.4 Å². The third-order valence-corrected chi connectivity index (χ3v) is 5.71. The number of rotatable bonds is 7. The Morgan fingerprint density at radius 1 is 1.05 bits per heavy atom. The van der Waals surface area contributed by atoms with Gasteiger partial charge in [0, 0.05) is 24.2 Å². The van der Waals surface area contributed by atoms with Gasteiger partial charge in [0.15, 0.2) is 11.8 Å². The van der Waals surface area contributed by atoms with Gasteiger partial charge >= 0.3 is 12.4 Å². The van der Waals surface area contributed by atoms with Crippen molar-refractivity contribution in [3.05, 3.63) is 34.1 Å². The SMILES string of the molecule is Cc1nc(OCC(F)(F)F)ccc1C#Cc1c(Cl)nc(NCC(F)(F)F)nc1N[C@@H]1C[C@H](CO)[C@@H](O)[C@H]1O. The average molecular weight is 570 g/mol. The first-order valence-corrected chi connectivity index (χ1v) is 11.4. The molecule has 1 saturated carbocycles. The molecule has 2 heterocycles. The first-order valence-electron chi connectivity index (χ1n) is 11.0. The lowest BCUT2D eigenvalue weighted by Crippen LogP contribution is -2.36. The normalized spacial score (nSPS) is 21.6. The Hall–Kier alpha value is -3.06. The highest BCUT2D eigenvalue weighted by molar-refractivity contribution is 6.31. The van der Waals surface area contributed by atoms with Crippen molar-refractivity contribution in [1.29, 1.82) is 0 Å². The highest BCUT2D eigenvalue weighted by atomic mass is 35.5. The monoisotopic (exact) mass is 569 g/mol. The molecule has 4 atom stereocenters. The predicted octanol–water partition coefficient (Wildman–Crippen LogP) is 2.66. The Labute approximate surface area is 217 Å². The number of aryl methyl sites for hydroxylation is 1. The van der Waals surface area contributed by atoms with E-state index in [1.807, 2.05) is 5.32 Å². The van der Waals surface area contributed by atoms with Gasteiger partial charge in [-0.2, -0.15) is 36.3 Å². The summed E-state index contributed by atoms with van der Waals surface area (Å²) in [6.45, 7) is -1.93. The molecule has 38 heavy (non-hydrogen) atoms. The van der Waals surface area contributed by atoms with Gasteiger partial charge in [-0.15, -0.1) is 0 Å². The molecule has 1 aliphatic carbocycles. The quantitative estimate of drug-likeness (QED) is 0.194. The predicted molar refractivity (Wildman–Crippen MR) is 123 cm³/mol. The maximum atomic E-state index is 12.7. The van der Waals surface area contributed by atoms with E-state index in [4.69, 9.17) is 11.6 Å².